The number of aromatic nitrogens is 1. The van der Waals surface area contributed by atoms with Crippen molar-refractivity contribution in [3.63, 3.8) is 0 Å². The molecule has 0 saturated carbocycles. The van der Waals surface area contributed by atoms with E-state index in [0.717, 1.165) is 26.2 Å². The van der Waals surface area contributed by atoms with Gasteiger partial charge in [0.05, 0.1) is 0 Å². The molecule has 0 spiro atoms. The maximum absolute atomic E-state index is 4.71. The predicted molar refractivity (Wildman–Crippen MR) is 86.1 cm³/mol. The normalized spacial score (nSPS) is 18.0. The number of pyridine rings is 1. The van der Waals surface area contributed by atoms with Crippen molar-refractivity contribution in [2.24, 2.45) is 11.3 Å². The van der Waals surface area contributed by atoms with Gasteiger partial charge in [0, 0.05) is 25.8 Å². The molecule has 3 heteroatoms. The highest BCUT2D eigenvalue weighted by Gasteiger charge is 2.30. The van der Waals surface area contributed by atoms with Gasteiger partial charge in [0.25, 0.3) is 0 Å². The van der Waals surface area contributed by atoms with Crippen molar-refractivity contribution >= 4 is 5.82 Å². The summed E-state index contributed by atoms with van der Waals surface area (Å²) in [4.78, 5) is 7.14. The van der Waals surface area contributed by atoms with Crippen LogP contribution in [0.1, 0.15) is 45.2 Å². The molecular formula is C17H29N3. The molecule has 1 aliphatic heterocycles. The van der Waals surface area contributed by atoms with Gasteiger partial charge >= 0.3 is 0 Å². The van der Waals surface area contributed by atoms with E-state index in [-0.39, 0.29) is 0 Å². The van der Waals surface area contributed by atoms with E-state index in [1.807, 2.05) is 6.20 Å². The van der Waals surface area contributed by atoms with E-state index < -0.39 is 0 Å². The second kappa shape index (κ2) is 6.13. The summed E-state index contributed by atoms with van der Waals surface area (Å²) < 4.78 is 0. The fourth-order valence-corrected chi connectivity index (χ4v) is 2.85. The molecule has 1 N–H and O–H groups in total. The first-order valence-corrected chi connectivity index (χ1v) is 7.78. The summed E-state index contributed by atoms with van der Waals surface area (Å²) in [6.07, 6.45) is 3.28. The zero-order valence-electron chi connectivity index (χ0n) is 13.7. The van der Waals surface area contributed by atoms with Gasteiger partial charge in [-0.3, -0.25) is 0 Å². The second-order valence-corrected chi connectivity index (χ2v) is 7.34. The van der Waals surface area contributed by atoms with Crippen molar-refractivity contribution in [3.8, 4) is 0 Å². The van der Waals surface area contributed by atoms with Crippen LogP contribution in [0.4, 0.5) is 5.82 Å². The summed E-state index contributed by atoms with van der Waals surface area (Å²) in [6.45, 7) is 15.5. The lowest BCUT2D eigenvalue weighted by Crippen LogP contribution is -2.24. The van der Waals surface area contributed by atoms with Crippen LogP contribution in [0.2, 0.25) is 0 Å². The zero-order valence-corrected chi connectivity index (χ0v) is 13.7. The third-order valence-corrected chi connectivity index (χ3v) is 3.97. The van der Waals surface area contributed by atoms with E-state index in [4.69, 9.17) is 4.98 Å². The molecule has 0 atom stereocenters. The Balaban J connectivity index is 1.99. The van der Waals surface area contributed by atoms with E-state index in [9.17, 15) is 0 Å². The van der Waals surface area contributed by atoms with Crippen LogP contribution in [0, 0.1) is 18.3 Å². The Morgan fingerprint density at radius 1 is 1.40 bits per heavy atom. The summed E-state index contributed by atoms with van der Waals surface area (Å²) in [6, 6.07) is 2.28. The number of aryl methyl sites for hydroxylation is 1. The number of nitrogens with one attached hydrogen (secondary N) is 1. The summed E-state index contributed by atoms with van der Waals surface area (Å²) in [5.74, 6) is 1.86. The maximum Gasteiger partial charge on any atom is 0.131 e. The zero-order chi connectivity index (χ0) is 14.8. The van der Waals surface area contributed by atoms with Gasteiger partial charge in [-0.1, -0.05) is 27.7 Å². The molecule has 0 amide bonds. The first-order valence-electron chi connectivity index (χ1n) is 7.78. The summed E-state index contributed by atoms with van der Waals surface area (Å²) in [7, 11) is 0. The highest BCUT2D eigenvalue weighted by molar-refractivity contribution is 5.48. The first-order chi connectivity index (χ1) is 9.37. The molecule has 112 valence electrons. The monoisotopic (exact) mass is 275 g/mol. The molecule has 1 aromatic rings. The minimum atomic E-state index is 0.422. The predicted octanol–water partition coefficient (Wildman–Crippen LogP) is 3.37. The van der Waals surface area contributed by atoms with Gasteiger partial charge in [-0.05, 0) is 48.4 Å². The van der Waals surface area contributed by atoms with E-state index in [1.54, 1.807) is 0 Å². The number of anilines is 1. The molecule has 0 aliphatic carbocycles. The van der Waals surface area contributed by atoms with Gasteiger partial charge in [-0.15, -0.1) is 0 Å². The average molecular weight is 275 g/mol. The fraction of sp³-hybridized carbons (Fsp3) is 0.706. The van der Waals surface area contributed by atoms with Crippen LogP contribution in [0.3, 0.4) is 0 Å². The lowest BCUT2D eigenvalue weighted by Gasteiger charge is -2.22. The van der Waals surface area contributed by atoms with Gasteiger partial charge in [0.2, 0.25) is 0 Å². The number of hydrogen-bond donors (Lipinski definition) is 1. The Bertz CT molecular complexity index is 452. The molecule has 1 saturated heterocycles. The Labute approximate surface area is 123 Å². The van der Waals surface area contributed by atoms with E-state index in [1.165, 1.54) is 23.4 Å². The Morgan fingerprint density at radius 3 is 2.70 bits per heavy atom. The van der Waals surface area contributed by atoms with Crippen molar-refractivity contribution < 1.29 is 0 Å². The third-order valence-electron chi connectivity index (χ3n) is 3.97. The minimum Gasteiger partial charge on any atom is -0.356 e. The largest absolute Gasteiger partial charge is 0.356 e. The highest BCUT2D eigenvalue weighted by atomic mass is 15.2. The molecule has 2 rings (SSSR count). The Morgan fingerprint density at radius 2 is 2.15 bits per heavy atom. The van der Waals surface area contributed by atoms with Crippen molar-refractivity contribution in [3.05, 3.63) is 23.4 Å². The summed E-state index contributed by atoms with van der Waals surface area (Å²) >= 11 is 0. The minimum absolute atomic E-state index is 0.422. The Hall–Kier alpha value is -1.09. The average Bonchev–Trinajstić information content (AvgIpc) is 2.69. The van der Waals surface area contributed by atoms with Gasteiger partial charge in [-0.2, -0.15) is 0 Å². The number of nitrogens with zero attached hydrogens (tertiary/aromatic N) is 2. The van der Waals surface area contributed by atoms with Gasteiger partial charge < -0.3 is 10.2 Å². The molecule has 20 heavy (non-hydrogen) atoms. The lowest BCUT2D eigenvalue weighted by atomic mass is 9.93. The first kappa shape index (κ1) is 15.3. The van der Waals surface area contributed by atoms with Crippen LogP contribution in [-0.2, 0) is 6.54 Å². The molecule has 1 fully saturated rings. The molecule has 2 heterocycles. The third kappa shape index (κ3) is 3.95. The van der Waals surface area contributed by atoms with Crippen LogP contribution in [-0.4, -0.2) is 24.6 Å². The van der Waals surface area contributed by atoms with Crippen molar-refractivity contribution in [2.45, 2.75) is 47.6 Å². The molecule has 0 radical (unpaired) electrons. The van der Waals surface area contributed by atoms with Crippen LogP contribution < -0.4 is 10.2 Å². The fourth-order valence-electron chi connectivity index (χ4n) is 2.85. The number of hydrogen-bond acceptors (Lipinski definition) is 3. The van der Waals surface area contributed by atoms with Gasteiger partial charge in [0.15, 0.2) is 0 Å². The van der Waals surface area contributed by atoms with E-state index in [2.05, 4.69) is 50.9 Å². The van der Waals surface area contributed by atoms with Crippen LogP contribution in [0.5, 0.6) is 0 Å². The highest BCUT2D eigenvalue weighted by Crippen LogP contribution is 2.32. The quantitative estimate of drug-likeness (QED) is 0.893. The number of rotatable bonds is 5. The van der Waals surface area contributed by atoms with Gasteiger partial charge in [0.1, 0.15) is 5.82 Å². The van der Waals surface area contributed by atoms with Crippen LogP contribution in [0.15, 0.2) is 12.3 Å². The topological polar surface area (TPSA) is 28.2 Å². The SMILES string of the molecule is Cc1cc(CNCC(C)C)cnc1N1CCC(C)(C)C1. The van der Waals surface area contributed by atoms with Crippen molar-refractivity contribution in [1.82, 2.24) is 10.3 Å². The molecule has 1 aliphatic rings. The maximum atomic E-state index is 4.71. The lowest BCUT2D eigenvalue weighted by molar-refractivity contribution is 0.418. The van der Waals surface area contributed by atoms with Crippen molar-refractivity contribution in [1.29, 1.82) is 0 Å². The van der Waals surface area contributed by atoms with Crippen molar-refractivity contribution in [2.75, 3.05) is 24.5 Å². The van der Waals surface area contributed by atoms with Gasteiger partial charge in [-0.25, -0.2) is 4.98 Å². The van der Waals surface area contributed by atoms with E-state index in [0.29, 0.717) is 11.3 Å². The smallest absolute Gasteiger partial charge is 0.131 e. The van der Waals surface area contributed by atoms with E-state index >= 15 is 0 Å². The molecule has 0 aromatic carbocycles. The second-order valence-electron chi connectivity index (χ2n) is 7.34. The summed E-state index contributed by atoms with van der Waals surface area (Å²) in [5.41, 5.74) is 3.00. The molecule has 0 unspecified atom stereocenters. The molecule has 0 bridgehead atoms. The molecular weight excluding hydrogens is 246 g/mol. The Kier molecular flexibility index (Phi) is 4.69. The van der Waals surface area contributed by atoms with Crippen LogP contribution in [0.25, 0.3) is 0 Å². The van der Waals surface area contributed by atoms with Crippen LogP contribution >= 0.6 is 0 Å². The summed E-state index contributed by atoms with van der Waals surface area (Å²) in [5, 5.41) is 3.48. The molecule has 3 nitrogen and oxygen atoms in total. The standard InChI is InChI=1S/C17H29N3/c1-13(2)9-18-10-15-8-14(3)16(19-11-15)20-7-6-17(4,5)12-20/h8,11,13,18H,6-7,9-10,12H2,1-5H3. The molecule has 1 aromatic heterocycles.